The molecule has 1 saturated heterocycles. The molecule has 6 heteroatoms. The number of carbonyl (C=O) groups excluding carboxylic acids is 2. The van der Waals surface area contributed by atoms with Crippen LogP contribution in [0.3, 0.4) is 0 Å². The highest BCUT2D eigenvalue weighted by Crippen LogP contribution is 2.17. The Labute approximate surface area is 197 Å². The summed E-state index contributed by atoms with van der Waals surface area (Å²) in [6, 6.07) is 15.5. The SMILES string of the molecule is Cc1cccc(CN2CCOC(CNC(=O)c3cccc(C(=O)N(C)CC(C)(C)C)c3)C2)c1. The summed E-state index contributed by atoms with van der Waals surface area (Å²) in [4.78, 5) is 29.6. The second kappa shape index (κ2) is 10.9. The summed E-state index contributed by atoms with van der Waals surface area (Å²) in [6.07, 6.45) is -0.0600. The van der Waals surface area contributed by atoms with Crippen LogP contribution in [0, 0.1) is 12.3 Å². The van der Waals surface area contributed by atoms with Crippen LogP contribution in [0.2, 0.25) is 0 Å². The first-order valence-corrected chi connectivity index (χ1v) is 11.6. The van der Waals surface area contributed by atoms with Gasteiger partial charge in [0.15, 0.2) is 0 Å². The minimum atomic E-state index is -0.192. The van der Waals surface area contributed by atoms with Crippen molar-refractivity contribution in [3.63, 3.8) is 0 Å². The van der Waals surface area contributed by atoms with Gasteiger partial charge in [0, 0.05) is 50.9 Å². The smallest absolute Gasteiger partial charge is 0.253 e. The van der Waals surface area contributed by atoms with Crippen LogP contribution < -0.4 is 5.32 Å². The highest BCUT2D eigenvalue weighted by molar-refractivity contribution is 5.99. The van der Waals surface area contributed by atoms with Gasteiger partial charge in [0.2, 0.25) is 0 Å². The third-order valence-electron chi connectivity index (χ3n) is 5.63. The number of hydrogen-bond donors (Lipinski definition) is 1. The van der Waals surface area contributed by atoms with Crippen LogP contribution in [0.5, 0.6) is 0 Å². The van der Waals surface area contributed by atoms with Crippen LogP contribution in [0.1, 0.15) is 52.6 Å². The molecule has 0 bridgehead atoms. The summed E-state index contributed by atoms with van der Waals surface area (Å²) < 4.78 is 5.88. The Hall–Kier alpha value is -2.70. The molecule has 1 N–H and O–H groups in total. The molecule has 1 fully saturated rings. The van der Waals surface area contributed by atoms with Crippen molar-refractivity contribution >= 4 is 11.8 Å². The Morgan fingerprint density at radius 1 is 1.12 bits per heavy atom. The van der Waals surface area contributed by atoms with E-state index in [9.17, 15) is 9.59 Å². The van der Waals surface area contributed by atoms with Crippen molar-refractivity contribution in [2.45, 2.75) is 40.3 Å². The molecule has 2 aromatic rings. The van der Waals surface area contributed by atoms with Gasteiger partial charge < -0.3 is 15.0 Å². The maximum Gasteiger partial charge on any atom is 0.253 e. The Morgan fingerprint density at radius 3 is 2.58 bits per heavy atom. The van der Waals surface area contributed by atoms with Crippen molar-refractivity contribution in [3.8, 4) is 0 Å². The number of aryl methyl sites for hydroxylation is 1. The van der Waals surface area contributed by atoms with E-state index in [4.69, 9.17) is 4.74 Å². The summed E-state index contributed by atoms with van der Waals surface area (Å²) in [5, 5.41) is 2.98. The molecule has 1 aliphatic rings. The summed E-state index contributed by atoms with van der Waals surface area (Å²) in [5.41, 5.74) is 3.56. The maximum absolute atomic E-state index is 12.8. The predicted molar refractivity (Wildman–Crippen MR) is 131 cm³/mol. The van der Waals surface area contributed by atoms with E-state index >= 15 is 0 Å². The molecule has 33 heavy (non-hydrogen) atoms. The fraction of sp³-hybridized carbons (Fsp3) is 0.481. The summed E-state index contributed by atoms with van der Waals surface area (Å²) in [5.74, 6) is -0.274. The lowest BCUT2D eigenvalue weighted by Gasteiger charge is -2.33. The minimum Gasteiger partial charge on any atom is -0.374 e. The number of hydrogen-bond acceptors (Lipinski definition) is 4. The second-order valence-electron chi connectivity index (χ2n) is 10.2. The van der Waals surface area contributed by atoms with E-state index in [0.29, 0.717) is 30.8 Å². The average molecular weight is 452 g/mol. The van der Waals surface area contributed by atoms with Gasteiger partial charge in [0.1, 0.15) is 0 Å². The molecule has 0 aliphatic carbocycles. The molecular weight excluding hydrogens is 414 g/mol. The number of morpholine rings is 1. The third kappa shape index (κ3) is 7.69. The molecule has 6 nitrogen and oxygen atoms in total. The van der Waals surface area contributed by atoms with Crippen molar-refractivity contribution < 1.29 is 14.3 Å². The Morgan fingerprint density at radius 2 is 1.85 bits per heavy atom. The molecule has 178 valence electrons. The molecule has 1 unspecified atom stereocenters. The van der Waals surface area contributed by atoms with Crippen molar-refractivity contribution in [2.24, 2.45) is 5.41 Å². The average Bonchev–Trinajstić information content (AvgIpc) is 2.76. The largest absolute Gasteiger partial charge is 0.374 e. The van der Waals surface area contributed by atoms with Gasteiger partial charge in [-0.05, 0) is 36.1 Å². The lowest BCUT2D eigenvalue weighted by atomic mass is 9.96. The number of amides is 2. The molecule has 2 amide bonds. The van der Waals surface area contributed by atoms with Gasteiger partial charge in [0.05, 0.1) is 12.7 Å². The Kier molecular flexibility index (Phi) is 8.27. The number of rotatable bonds is 7. The monoisotopic (exact) mass is 451 g/mol. The molecule has 2 aromatic carbocycles. The van der Waals surface area contributed by atoms with Crippen LogP contribution in [-0.2, 0) is 11.3 Å². The molecule has 3 rings (SSSR count). The lowest BCUT2D eigenvalue weighted by Crippen LogP contribution is -2.47. The van der Waals surface area contributed by atoms with E-state index in [1.807, 2.05) is 0 Å². The fourth-order valence-corrected chi connectivity index (χ4v) is 4.22. The van der Waals surface area contributed by atoms with Crippen molar-refractivity contribution in [3.05, 3.63) is 70.8 Å². The van der Waals surface area contributed by atoms with E-state index in [-0.39, 0.29) is 23.3 Å². The number of nitrogens with one attached hydrogen (secondary N) is 1. The molecule has 1 atom stereocenters. The maximum atomic E-state index is 12.8. The van der Waals surface area contributed by atoms with Crippen LogP contribution in [0.4, 0.5) is 0 Å². The van der Waals surface area contributed by atoms with Gasteiger partial charge in [-0.3, -0.25) is 14.5 Å². The van der Waals surface area contributed by atoms with Gasteiger partial charge in [-0.25, -0.2) is 0 Å². The summed E-state index contributed by atoms with van der Waals surface area (Å²) in [7, 11) is 1.79. The van der Waals surface area contributed by atoms with Crippen molar-refractivity contribution in [2.75, 3.05) is 39.8 Å². The second-order valence-corrected chi connectivity index (χ2v) is 10.2. The predicted octanol–water partition coefficient (Wildman–Crippen LogP) is 3.74. The molecule has 0 saturated carbocycles. The van der Waals surface area contributed by atoms with Gasteiger partial charge in [0.25, 0.3) is 11.8 Å². The topological polar surface area (TPSA) is 61.9 Å². The quantitative estimate of drug-likeness (QED) is 0.697. The van der Waals surface area contributed by atoms with Crippen molar-refractivity contribution in [1.82, 2.24) is 15.1 Å². The molecule has 0 aromatic heterocycles. The first-order valence-electron chi connectivity index (χ1n) is 11.6. The normalized spacial score (nSPS) is 16.9. The zero-order valence-electron chi connectivity index (χ0n) is 20.6. The molecule has 0 radical (unpaired) electrons. The van der Waals surface area contributed by atoms with E-state index in [0.717, 1.165) is 19.6 Å². The standard InChI is InChI=1S/C27H37N3O3/c1-20-8-6-9-21(14-20)17-30-12-13-33-24(18-30)16-28-25(31)22-10-7-11-23(15-22)26(32)29(5)19-27(2,3)4/h6-11,14-15,24H,12-13,16-19H2,1-5H3,(H,28,31). The molecule has 1 aliphatic heterocycles. The molecule has 0 spiro atoms. The van der Waals surface area contributed by atoms with E-state index < -0.39 is 0 Å². The number of carbonyl (C=O) groups is 2. The van der Waals surface area contributed by atoms with Crippen LogP contribution >= 0.6 is 0 Å². The Bertz CT molecular complexity index is 967. The molecular formula is C27H37N3O3. The highest BCUT2D eigenvalue weighted by Gasteiger charge is 2.22. The lowest BCUT2D eigenvalue weighted by molar-refractivity contribution is -0.0292. The van der Waals surface area contributed by atoms with E-state index in [1.165, 1.54) is 11.1 Å². The van der Waals surface area contributed by atoms with Gasteiger partial charge >= 0.3 is 0 Å². The molecule has 1 heterocycles. The summed E-state index contributed by atoms with van der Waals surface area (Å²) >= 11 is 0. The fourth-order valence-electron chi connectivity index (χ4n) is 4.22. The summed E-state index contributed by atoms with van der Waals surface area (Å²) in [6.45, 7) is 12.6. The zero-order chi connectivity index (χ0) is 24.0. The van der Waals surface area contributed by atoms with Crippen LogP contribution in [0.15, 0.2) is 48.5 Å². The van der Waals surface area contributed by atoms with Crippen molar-refractivity contribution in [1.29, 1.82) is 0 Å². The van der Waals surface area contributed by atoms with Crippen LogP contribution in [-0.4, -0.2) is 67.6 Å². The minimum absolute atomic E-state index is 0.00656. The highest BCUT2D eigenvalue weighted by atomic mass is 16.5. The van der Waals surface area contributed by atoms with E-state index in [2.05, 4.69) is 62.2 Å². The number of nitrogens with zero attached hydrogens (tertiary/aromatic N) is 2. The zero-order valence-corrected chi connectivity index (χ0v) is 20.6. The van der Waals surface area contributed by atoms with Gasteiger partial charge in [-0.1, -0.05) is 56.7 Å². The number of benzene rings is 2. The van der Waals surface area contributed by atoms with Gasteiger partial charge in [-0.15, -0.1) is 0 Å². The third-order valence-corrected chi connectivity index (χ3v) is 5.63. The first kappa shape index (κ1) is 24.9. The van der Waals surface area contributed by atoms with E-state index in [1.54, 1.807) is 36.2 Å². The first-order chi connectivity index (χ1) is 15.6. The van der Waals surface area contributed by atoms with Crippen LogP contribution in [0.25, 0.3) is 0 Å². The number of ether oxygens (including phenoxy) is 1. The Balaban J connectivity index is 1.54. The van der Waals surface area contributed by atoms with Gasteiger partial charge in [-0.2, -0.15) is 0 Å².